The first-order valence-corrected chi connectivity index (χ1v) is 7.49. The molecule has 0 spiro atoms. The highest BCUT2D eigenvalue weighted by molar-refractivity contribution is 7.80. The van der Waals surface area contributed by atoms with Crippen molar-refractivity contribution < 1.29 is 14.5 Å². The summed E-state index contributed by atoms with van der Waals surface area (Å²) in [5.41, 5.74) is -0.370. The van der Waals surface area contributed by atoms with E-state index in [9.17, 15) is 19.7 Å². The van der Waals surface area contributed by atoms with Crippen molar-refractivity contribution in [2.45, 2.75) is 19.4 Å². The van der Waals surface area contributed by atoms with Crippen LogP contribution in [0.3, 0.4) is 0 Å². The van der Waals surface area contributed by atoms with Crippen LogP contribution in [0.2, 0.25) is 0 Å². The topological polar surface area (TPSA) is 105 Å². The van der Waals surface area contributed by atoms with Gasteiger partial charge in [-0.1, -0.05) is 19.1 Å². The summed E-state index contributed by atoms with van der Waals surface area (Å²) >= 11 is 5.20. The van der Waals surface area contributed by atoms with Gasteiger partial charge in [-0.15, -0.1) is 0 Å². The zero-order valence-corrected chi connectivity index (χ0v) is 13.3. The Hall–Kier alpha value is -2.55. The summed E-state index contributed by atoms with van der Waals surface area (Å²) in [7, 11) is 0. The van der Waals surface area contributed by atoms with Crippen LogP contribution in [-0.2, 0) is 4.79 Å². The first kappa shape index (κ1) is 16.8. The van der Waals surface area contributed by atoms with E-state index in [-0.39, 0.29) is 22.3 Å². The Balaban J connectivity index is 2.15. The Morgan fingerprint density at radius 1 is 1.52 bits per heavy atom. The number of carbonyl (C=O) groups excluding carboxylic acids is 2. The average Bonchev–Trinajstić information content (AvgIpc) is 2.54. The fourth-order valence-electron chi connectivity index (χ4n) is 2.42. The molecule has 1 fully saturated rings. The lowest BCUT2D eigenvalue weighted by atomic mass is 10.1. The molecule has 0 aromatic heterocycles. The van der Waals surface area contributed by atoms with Gasteiger partial charge in [0.15, 0.2) is 5.11 Å². The van der Waals surface area contributed by atoms with Gasteiger partial charge in [0.05, 0.1) is 4.92 Å². The third-order valence-corrected chi connectivity index (χ3v) is 3.88. The van der Waals surface area contributed by atoms with Gasteiger partial charge >= 0.3 is 0 Å². The van der Waals surface area contributed by atoms with Crippen LogP contribution in [0.25, 0.3) is 0 Å². The fourth-order valence-corrected chi connectivity index (χ4v) is 2.74. The molecule has 2 rings (SSSR count). The highest BCUT2D eigenvalue weighted by Crippen LogP contribution is 2.17. The number of amides is 2. The lowest BCUT2D eigenvalue weighted by Crippen LogP contribution is -2.59. The van der Waals surface area contributed by atoms with Gasteiger partial charge in [-0.2, -0.15) is 0 Å². The van der Waals surface area contributed by atoms with E-state index in [1.165, 1.54) is 24.3 Å². The summed E-state index contributed by atoms with van der Waals surface area (Å²) in [6, 6.07) is 5.17. The number of thiocarbonyl (C=S) groups is 1. The van der Waals surface area contributed by atoms with Gasteiger partial charge < -0.3 is 10.2 Å². The van der Waals surface area contributed by atoms with E-state index in [1.807, 2.05) is 6.92 Å². The van der Waals surface area contributed by atoms with E-state index in [1.54, 1.807) is 4.90 Å². The second-order valence-electron chi connectivity index (χ2n) is 4.94. The highest BCUT2D eigenvalue weighted by Gasteiger charge is 2.31. The number of carbonyl (C=O) groups is 2. The van der Waals surface area contributed by atoms with E-state index in [0.717, 1.165) is 0 Å². The Morgan fingerprint density at radius 3 is 2.87 bits per heavy atom. The summed E-state index contributed by atoms with van der Waals surface area (Å²) in [5.74, 6) is -0.816. The van der Waals surface area contributed by atoms with Crippen LogP contribution in [0.5, 0.6) is 0 Å². The van der Waals surface area contributed by atoms with Crippen LogP contribution < -0.4 is 10.6 Å². The molecule has 0 bridgehead atoms. The third kappa shape index (κ3) is 3.62. The number of para-hydroxylation sites is 1. The van der Waals surface area contributed by atoms with Crippen LogP contribution in [0.4, 0.5) is 5.69 Å². The maximum atomic E-state index is 12.3. The summed E-state index contributed by atoms with van der Waals surface area (Å²) in [5, 5.41) is 16.3. The largest absolute Gasteiger partial charge is 0.353 e. The first-order valence-electron chi connectivity index (χ1n) is 7.08. The molecule has 0 aliphatic carbocycles. The van der Waals surface area contributed by atoms with Crippen molar-refractivity contribution in [1.29, 1.82) is 0 Å². The molecule has 1 aliphatic rings. The van der Waals surface area contributed by atoms with E-state index in [2.05, 4.69) is 10.6 Å². The summed E-state index contributed by atoms with van der Waals surface area (Å²) in [6.45, 7) is 2.74. The standard InChI is InChI=1S/C14H16N4O4S/c1-2-10-13(20)15-7-8-17(10)14(23)16-12(19)9-5-3-4-6-11(9)18(21)22/h3-6,10H,2,7-8H2,1H3,(H,15,20)(H,16,19,23). The maximum absolute atomic E-state index is 12.3. The number of hydrogen-bond donors (Lipinski definition) is 2. The van der Waals surface area contributed by atoms with Gasteiger partial charge in [0.1, 0.15) is 11.6 Å². The average molecular weight is 336 g/mol. The van der Waals surface area contributed by atoms with E-state index >= 15 is 0 Å². The number of hydrogen-bond acceptors (Lipinski definition) is 5. The fraction of sp³-hybridized carbons (Fsp3) is 0.357. The minimum absolute atomic E-state index is 0.0747. The molecule has 2 N–H and O–H groups in total. The van der Waals surface area contributed by atoms with Crippen molar-refractivity contribution >= 4 is 34.8 Å². The second kappa shape index (κ2) is 7.14. The molecule has 23 heavy (non-hydrogen) atoms. The SMILES string of the molecule is CCC1C(=O)NCCN1C(=S)NC(=O)c1ccccc1[N+](=O)[O-]. The number of benzene rings is 1. The van der Waals surface area contributed by atoms with Crippen LogP contribution in [0.1, 0.15) is 23.7 Å². The van der Waals surface area contributed by atoms with E-state index in [4.69, 9.17) is 12.2 Å². The van der Waals surface area contributed by atoms with Crippen LogP contribution in [0, 0.1) is 10.1 Å². The molecule has 1 aromatic carbocycles. The molecule has 0 radical (unpaired) electrons. The molecular formula is C14H16N4O4S. The van der Waals surface area contributed by atoms with Gasteiger partial charge in [-0.3, -0.25) is 25.0 Å². The lowest BCUT2D eigenvalue weighted by Gasteiger charge is -2.36. The zero-order chi connectivity index (χ0) is 17.0. The molecule has 8 nitrogen and oxygen atoms in total. The van der Waals surface area contributed by atoms with Crippen molar-refractivity contribution in [3.63, 3.8) is 0 Å². The number of nitro benzene ring substituents is 1. The van der Waals surface area contributed by atoms with Crippen molar-refractivity contribution in [3.05, 3.63) is 39.9 Å². The van der Waals surface area contributed by atoms with Crippen molar-refractivity contribution in [1.82, 2.24) is 15.5 Å². The quantitative estimate of drug-likeness (QED) is 0.481. The van der Waals surface area contributed by atoms with Gasteiger partial charge in [0.2, 0.25) is 5.91 Å². The normalized spacial score (nSPS) is 17.3. The molecule has 1 saturated heterocycles. The summed E-state index contributed by atoms with van der Waals surface area (Å²) in [4.78, 5) is 36.1. The number of nitro groups is 1. The maximum Gasteiger partial charge on any atom is 0.282 e. The molecule has 122 valence electrons. The van der Waals surface area contributed by atoms with Gasteiger partial charge in [0, 0.05) is 19.2 Å². The zero-order valence-electron chi connectivity index (χ0n) is 12.4. The van der Waals surface area contributed by atoms with Gasteiger partial charge in [0.25, 0.3) is 11.6 Å². The molecule has 1 atom stereocenters. The summed E-state index contributed by atoms with van der Waals surface area (Å²) in [6.07, 6.45) is 0.535. The molecule has 1 aromatic rings. The Labute approximate surface area is 138 Å². The second-order valence-corrected chi connectivity index (χ2v) is 5.33. The lowest BCUT2D eigenvalue weighted by molar-refractivity contribution is -0.385. The number of rotatable bonds is 3. The third-order valence-electron chi connectivity index (χ3n) is 3.54. The van der Waals surface area contributed by atoms with Crippen molar-refractivity contribution in [3.8, 4) is 0 Å². The first-order chi connectivity index (χ1) is 11.0. The van der Waals surface area contributed by atoms with Gasteiger partial charge in [-0.25, -0.2) is 0 Å². The molecule has 1 aliphatic heterocycles. The predicted octanol–water partition coefficient (Wildman–Crippen LogP) is 0.820. The molecule has 9 heteroatoms. The van der Waals surface area contributed by atoms with Gasteiger partial charge in [-0.05, 0) is 24.7 Å². The minimum Gasteiger partial charge on any atom is -0.353 e. The summed E-state index contributed by atoms with van der Waals surface area (Å²) < 4.78 is 0. The Kier molecular flexibility index (Phi) is 5.22. The van der Waals surface area contributed by atoms with Crippen LogP contribution >= 0.6 is 12.2 Å². The Morgan fingerprint density at radius 2 is 2.22 bits per heavy atom. The number of nitrogens with zero attached hydrogens (tertiary/aromatic N) is 2. The van der Waals surface area contributed by atoms with Crippen molar-refractivity contribution in [2.75, 3.05) is 13.1 Å². The predicted molar refractivity (Wildman–Crippen MR) is 87.0 cm³/mol. The molecule has 1 heterocycles. The number of nitrogens with one attached hydrogen (secondary N) is 2. The molecule has 2 amide bonds. The van der Waals surface area contributed by atoms with E-state index < -0.39 is 16.9 Å². The van der Waals surface area contributed by atoms with E-state index in [0.29, 0.717) is 19.5 Å². The van der Waals surface area contributed by atoms with Crippen LogP contribution in [0.15, 0.2) is 24.3 Å². The van der Waals surface area contributed by atoms with Crippen molar-refractivity contribution in [2.24, 2.45) is 0 Å². The molecular weight excluding hydrogens is 320 g/mol. The Bertz CT molecular complexity index is 664. The molecule has 1 unspecified atom stereocenters. The minimum atomic E-state index is -0.664. The smallest absolute Gasteiger partial charge is 0.282 e. The highest BCUT2D eigenvalue weighted by atomic mass is 32.1. The van der Waals surface area contributed by atoms with Crippen LogP contribution in [-0.4, -0.2) is 45.9 Å². The number of piperazine rings is 1. The monoisotopic (exact) mass is 336 g/mol. The molecule has 0 saturated carbocycles.